The fourth-order valence-electron chi connectivity index (χ4n) is 1.52. The molecule has 0 amide bonds. The molecule has 0 spiro atoms. The summed E-state index contributed by atoms with van der Waals surface area (Å²) in [6.07, 6.45) is 0. The Balaban J connectivity index is 4.74. The lowest BCUT2D eigenvalue weighted by atomic mass is 9.67. The summed E-state index contributed by atoms with van der Waals surface area (Å²) in [5.74, 6) is 0.155. The fraction of sp³-hybridized carbons (Fsp3) is 0.900. The topological polar surface area (TPSA) is 26.3 Å². The molecule has 0 saturated heterocycles. The Kier molecular flexibility index (Phi) is 3.59. The van der Waals surface area contributed by atoms with Gasteiger partial charge < -0.3 is 4.65 Å². The molecule has 0 aliphatic carbocycles. The highest BCUT2D eigenvalue weighted by atomic mass is 16.5. The van der Waals surface area contributed by atoms with Crippen LogP contribution >= 0.6 is 0 Å². The Morgan fingerprint density at radius 1 is 1.23 bits per heavy atom. The molecule has 0 heterocycles. The zero-order valence-electron chi connectivity index (χ0n) is 9.89. The van der Waals surface area contributed by atoms with Crippen LogP contribution in [-0.2, 0) is 9.45 Å². The molecular formula is C10H21BO2. The molecule has 2 nitrogen and oxygen atoms in total. The van der Waals surface area contributed by atoms with Crippen LogP contribution in [0.2, 0.25) is 0 Å². The van der Waals surface area contributed by atoms with Crippen LogP contribution in [0, 0.1) is 16.7 Å². The molecule has 0 aliphatic rings. The summed E-state index contributed by atoms with van der Waals surface area (Å²) in [4.78, 5) is 11.5. The van der Waals surface area contributed by atoms with Gasteiger partial charge in [0.2, 0.25) is 0 Å². The van der Waals surface area contributed by atoms with Crippen LogP contribution in [0.15, 0.2) is 0 Å². The Labute approximate surface area is 82.5 Å². The average Bonchev–Trinajstić information content (AvgIpc) is 1.99. The highest BCUT2D eigenvalue weighted by molar-refractivity contribution is 6.06. The third-order valence-corrected chi connectivity index (χ3v) is 3.09. The van der Waals surface area contributed by atoms with Gasteiger partial charge >= 0.3 is 8.05 Å². The zero-order chi connectivity index (χ0) is 10.9. The number of hydrogen-bond acceptors (Lipinski definition) is 2. The molecule has 0 aromatic carbocycles. The molecule has 76 valence electrons. The van der Waals surface area contributed by atoms with E-state index < -0.39 is 5.41 Å². The average molecular weight is 184 g/mol. The molecule has 0 radical (unpaired) electrons. The number of carbonyl (C=O) groups is 1. The Morgan fingerprint density at radius 2 is 1.62 bits per heavy atom. The SMILES string of the molecule is BOC(=O)C(C)(C)C(C)C(C)(C)C. The molecule has 0 fully saturated rings. The summed E-state index contributed by atoms with van der Waals surface area (Å²) in [7, 11) is 1.44. The van der Waals surface area contributed by atoms with Gasteiger partial charge in [-0.3, -0.25) is 4.79 Å². The quantitative estimate of drug-likeness (QED) is 0.611. The molecule has 0 N–H and O–H groups in total. The maximum Gasteiger partial charge on any atom is 0.325 e. The van der Waals surface area contributed by atoms with E-state index in [1.807, 2.05) is 13.8 Å². The highest BCUT2D eigenvalue weighted by Gasteiger charge is 2.40. The van der Waals surface area contributed by atoms with Gasteiger partial charge in [0.15, 0.2) is 0 Å². The minimum Gasteiger partial charge on any atom is -0.543 e. The third-order valence-electron chi connectivity index (χ3n) is 3.09. The molecule has 0 aromatic heterocycles. The van der Waals surface area contributed by atoms with Gasteiger partial charge in [0.25, 0.3) is 5.97 Å². The summed E-state index contributed by atoms with van der Waals surface area (Å²) < 4.78 is 4.79. The Bertz CT molecular complexity index is 192. The van der Waals surface area contributed by atoms with Crippen molar-refractivity contribution in [2.45, 2.75) is 41.5 Å². The smallest absolute Gasteiger partial charge is 0.325 e. The normalized spacial score (nSPS) is 15.2. The Morgan fingerprint density at radius 3 is 1.85 bits per heavy atom. The first-order chi connectivity index (χ1) is 5.64. The largest absolute Gasteiger partial charge is 0.543 e. The van der Waals surface area contributed by atoms with Crippen molar-refractivity contribution in [1.82, 2.24) is 0 Å². The minimum absolute atomic E-state index is 0.123. The second-order valence-corrected chi connectivity index (χ2v) is 5.30. The van der Waals surface area contributed by atoms with E-state index >= 15 is 0 Å². The number of rotatable bonds is 2. The van der Waals surface area contributed by atoms with Gasteiger partial charge in [-0.15, -0.1) is 0 Å². The van der Waals surface area contributed by atoms with E-state index in [1.165, 1.54) is 8.05 Å². The number of hydrogen-bond donors (Lipinski definition) is 0. The second-order valence-electron chi connectivity index (χ2n) is 5.30. The molecule has 1 unspecified atom stereocenters. The summed E-state index contributed by atoms with van der Waals surface area (Å²) in [6.45, 7) is 12.4. The molecule has 1 atom stereocenters. The van der Waals surface area contributed by atoms with Crippen LogP contribution in [-0.4, -0.2) is 14.0 Å². The van der Waals surface area contributed by atoms with Crippen LogP contribution < -0.4 is 0 Å². The molecule has 3 heteroatoms. The maximum atomic E-state index is 11.5. The lowest BCUT2D eigenvalue weighted by Crippen LogP contribution is -2.39. The van der Waals surface area contributed by atoms with E-state index in [-0.39, 0.29) is 17.3 Å². The summed E-state index contributed by atoms with van der Waals surface area (Å²) in [5, 5.41) is 0. The lowest BCUT2D eigenvalue weighted by Gasteiger charge is -2.38. The van der Waals surface area contributed by atoms with E-state index in [0.29, 0.717) is 0 Å². The van der Waals surface area contributed by atoms with Crippen LogP contribution in [0.1, 0.15) is 41.5 Å². The van der Waals surface area contributed by atoms with Crippen molar-refractivity contribution in [1.29, 1.82) is 0 Å². The predicted octanol–water partition coefficient (Wildman–Crippen LogP) is 1.79. The van der Waals surface area contributed by atoms with E-state index in [1.54, 1.807) is 0 Å². The first kappa shape index (κ1) is 12.5. The van der Waals surface area contributed by atoms with E-state index in [4.69, 9.17) is 4.65 Å². The van der Waals surface area contributed by atoms with Crippen molar-refractivity contribution in [3.8, 4) is 0 Å². The van der Waals surface area contributed by atoms with E-state index in [0.717, 1.165) is 0 Å². The molecule has 0 bridgehead atoms. The minimum atomic E-state index is -0.410. The van der Waals surface area contributed by atoms with Crippen molar-refractivity contribution < 1.29 is 9.45 Å². The standard InChI is InChI=1S/C10H21BO2/c1-7(9(2,3)4)10(5,6)8(12)13-11/h7H,11H2,1-6H3. The first-order valence-electron chi connectivity index (χ1n) is 4.72. The Hall–Kier alpha value is -0.465. The van der Waals surface area contributed by atoms with Crippen molar-refractivity contribution in [2.24, 2.45) is 16.7 Å². The van der Waals surface area contributed by atoms with Crippen molar-refractivity contribution in [3.63, 3.8) is 0 Å². The summed E-state index contributed by atoms with van der Waals surface area (Å²) in [6, 6.07) is 0. The molecule has 0 aromatic rings. The monoisotopic (exact) mass is 184 g/mol. The van der Waals surface area contributed by atoms with Crippen molar-refractivity contribution in [3.05, 3.63) is 0 Å². The predicted molar refractivity (Wildman–Crippen MR) is 57.0 cm³/mol. The fourth-order valence-corrected chi connectivity index (χ4v) is 1.52. The van der Waals surface area contributed by atoms with Gasteiger partial charge in [-0.2, -0.15) is 0 Å². The molecule has 0 aliphatic heterocycles. The van der Waals surface area contributed by atoms with E-state index in [9.17, 15) is 4.79 Å². The van der Waals surface area contributed by atoms with Gasteiger partial charge in [-0.05, 0) is 25.2 Å². The second kappa shape index (κ2) is 3.73. The van der Waals surface area contributed by atoms with Crippen LogP contribution in [0.3, 0.4) is 0 Å². The van der Waals surface area contributed by atoms with Gasteiger partial charge in [-0.25, -0.2) is 0 Å². The zero-order valence-corrected chi connectivity index (χ0v) is 9.89. The van der Waals surface area contributed by atoms with Crippen molar-refractivity contribution >= 4 is 14.0 Å². The third kappa shape index (κ3) is 2.75. The summed E-state index contributed by atoms with van der Waals surface area (Å²) >= 11 is 0. The number of carbonyl (C=O) groups excluding carboxylic acids is 1. The van der Waals surface area contributed by atoms with Crippen LogP contribution in [0.4, 0.5) is 0 Å². The van der Waals surface area contributed by atoms with Gasteiger partial charge in [0.05, 0.1) is 5.41 Å². The van der Waals surface area contributed by atoms with E-state index in [2.05, 4.69) is 27.7 Å². The first-order valence-corrected chi connectivity index (χ1v) is 4.72. The maximum absolute atomic E-state index is 11.5. The van der Waals surface area contributed by atoms with Crippen molar-refractivity contribution in [2.75, 3.05) is 0 Å². The van der Waals surface area contributed by atoms with Gasteiger partial charge in [-0.1, -0.05) is 27.7 Å². The molecule has 0 rings (SSSR count). The molecular weight excluding hydrogens is 163 g/mol. The molecule has 13 heavy (non-hydrogen) atoms. The van der Waals surface area contributed by atoms with Crippen LogP contribution in [0.5, 0.6) is 0 Å². The van der Waals surface area contributed by atoms with Crippen LogP contribution in [0.25, 0.3) is 0 Å². The lowest BCUT2D eigenvalue weighted by molar-refractivity contribution is -0.148. The van der Waals surface area contributed by atoms with Gasteiger partial charge in [0, 0.05) is 0 Å². The highest BCUT2D eigenvalue weighted by Crippen LogP contribution is 2.40. The molecule has 0 saturated carbocycles. The van der Waals surface area contributed by atoms with Gasteiger partial charge in [0.1, 0.15) is 0 Å². The summed E-state index contributed by atoms with van der Waals surface area (Å²) in [5.41, 5.74) is -0.287.